The van der Waals surface area contributed by atoms with Crippen LogP contribution in [0.15, 0.2) is 30.5 Å². The molecule has 16 heavy (non-hydrogen) atoms. The quantitative estimate of drug-likeness (QED) is 0.887. The highest BCUT2D eigenvalue weighted by Crippen LogP contribution is 2.24. The van der Waals surface area contributed by atoms with Crippen molar-refractivity contribution in [3.63, 3.8) is 0 Å². The Bertz CT molecular complexity index is 499. The minimum Gasteiger partial charge on any atom is -0.496 e. The van der Waals surface area contributed by atoms with Gasteiger partial charge in [-0.25, -0.2) is 0 Å². The fraction of sp³-hybridized carbons (Fsp3) is 0.167. The van der Waals surface area contributed by atoms with E-state index in [9.17, 15) is 0 Å². The molecule has 0 radical (unpaired) electrons. The largest absolute Gasteiger partial charge is 0.496 e. The molecule has 0 atom stereocenters. The summed E-state index contributed by atoms with van der Waals surface area (Å²) in [6, 6.07) is 7.73. The number of methoxy groups -OCH3 is 1. The summed E-state index contributed by atoms with van der Waals surface area (Å²) in [5, 5.41) is 0. The number of benzene rings is 1. The first-order chi connectivity index (χ1) is 7.70. The third-order valence-corrected chi connectivity index (χ3v) is 3.06. The van der Waals surface area contributed by atoms with Crippen molar-refractivity contribution < 1.29 is 4.74 Å². The molecule has 0 saturated carbocycles. The van der Waals surface area contributed by atoms with Crippen LogP contribution >= 0.6 is 11.5 Å². The first kappa shape index (κ1) is 10.8. The molecule has 0 spiro atoms. The zero-order valence-electron chi connectivity index (χ0n) is 9.31. The van der Waals surface area contributed by atoms with Crippen molar-refractivity contribution in [3.05, 3.63) is 40.9 Å². The maximum atomic E-state index is 6.02. The van der Waals surface area contributed by atoms with E-state index in [-0.39, 0.29) is 0 Å². The van der Waals surface area contributed by atoms with Crippen LogP contribution in [-0.4, -0.2) is 11.1 Å². The summed E-state index contributed by atoms with van der Waals surface area (Å²) in [7, 11) is 1.65. The van der Waals surface area contributed by atoms with Crippen LogP contribution in [0.25, 0.3) is 11.9 Å². The summed E-state index contributed by atoms with van der Waals surface area (Å²) in [5.74, 6) is 0.794. The minimum absolute atomic E-state index is 0.703. The van der Waals surface area contributed by atoms with E-state index in [0.29, 0.717) is 5.70 Å². The van der Waals surface area contributed by atoms with Crippen LogP contribution in [0.2, 0.25) is 0 Å². The third kappa shape index (κ3) is 2.12. The van der Waals surface area contributed by atoms with Crippen LogP contribution in [0.5, 0.6) is 5.75 Å². The van der Waals surface area contributed by atoms with Crippen molar-refractivity contribution in [2.75, 3.05) is 7.11 Å². The second-order valence-corrected chi connectivity index (χ2v) is 4.72. The molecule has 1 heterocycles. The first-order valence-corrected chi connectivity index (χ1v) is 5.73. The van der Waals surface area contributed by atoms with Gasteiger partial charge in [0.05, 0.1) is 12.8 Å². The number of aromatic nitrogens is 1. The first-order valence-electron chi connectivity index (χ1n) is 4.96. The van der Waals surface area contributed by atoms with Crippen molar-refractivity contribution in [2.24, 2.45) is 5.73 Å². The number of nitrogens with two attached hydrogens (primary N) is 1. The van der Waals surface area contributed by atoms with Gasteiger partial charge in [0, 0.05) is 22.8 Å². The van der Waals surface area contributed by atoms with Crippen molar-refractivity contribution in [2.45, 2.75) is 6.92 Å². The molecule has 4 heteroatoms. The number of para-hydroxylation sites is 1. The Hall–Kier alpha value is -1.68. The molecule has 0 bridgehead atoms. The average Bonchev–Trinajstić information content (AvgIpc) is 2.27. The SMILES string of the molecule is COc1ccccc1/C(N)=C/n1cc(C)s1. The van der Waals surface area contributed by atoms with Crippen LogP contribution in [0.3, 0.4) is 0 Å². The molecule has 0 aliphatic rings. The molecule has 3 nitrogen and oxygen atoms in total. The normalized spacial score (nSPS) is 11.8. The topological polar surface area (TPSA) is 40.2 Å². The number of nitrogens with zero attached hydrogens (tertiary/aromatic N) is 1. The molecule has 0 amide bonds. The van der Waals surface area contributed by atoms with E-state index in [2.05, 4.69) is 6.92 Å². The standard InChI is InChI=1S/C12H14N2OS/c1-9-7-14(16-9)8-11(13)10-5-3-4-6-12(10)15-2/h3-8H,13H2,1-2H3/b11-8-. The van der Waals surface area contributed by atoms with E-state index in [4.69, 9.17) is 10.5 Å². The summed E-state index contributed by atoms with van der Waals surface area (Å²) in [6.45, 7) is 2.06. The van der Waals surface area contributed by atoms with Gasteiger partial charge in [-0.2, -0.15) is 0 Å². The van der Waals surface area contributed by atoms with Crippen molar-refractivity contribution in [3.8, 4) is 5.75 Å². The molecule has 1 aromatic heterocycles. The highest BCUT2D eigenvalue weighted by Gasteiger charge is 2.05. The Morgan fingerprint density at radius 3 is 2.75 bits per heavy atom. The molecule has 2 N–H and O–H groups in total. The van der Waals surface area contributed by atoms with Gasteiger partial charge in [-0.15, -0.1) is 0 Å². The van der Waals surface area contributed by atoms with Gasteiger partial charge >= 0.3 is 0 Å². The summed E-state index contributed by atoms with van der Waals surface area (Å²) in [6.07, 6.45) is 3.93. The molecule has 2 aromatic rings. The molecule has 84 valence electrons. The van der Waals surface area contributed by atoms with Gasteiger partial charge in [0.1, 0.15) is 5.75 Å². The highest BCUT2D eigenvalue weighted by molar-refractivity contribution is 7.08. The molecule has 1 aromatic carbocycles. The zero-order valence-corrected chi connectivity index (χ0v) is 10.1. The lowest BCUT2D eigenvalue weighted by atomic mass is 10.1. The van der Waals surface area contributed by atoms with E-state index in [1.807, 2.05) is 40.6 Å². The molecular weight excluding hydrogens is 220 g/mol. The lowest BCUT2D eigenvalue weighted by Crippen LogP contribution is -2.02. The Morgan fingerprint density at radius 2 is 2.12 bits per heavy atom. The van der Waals surface area contributed by atoms with Crippen molar-refractivity contribution >= 4 is 23.4 Å². The van der Waals surface area contributed by atoms with Crippen LogP contribution in [0, 0.1) is 6.92 Å². The van der Waals surface area contributed by atoms with Gasteiger partial charge in [-0.05, 0) is 19.1 Å². The number of hydrogen-bond acceptors (Lipinski definition) is 3. The molecule has 0 saturated heterocycles. The molecule has 0 unspecified atom stereocenters. The average molecular weight is 234 g/mol. The highest BCUT2D eigenvalue weighted by atomic mass is 32.1. The fourth-order valence-corrected chi connectivity index (χ4v) is 2.21. The number of hydrogen-bond donors (Lipinski definition) is 1. The Kier molecular flexibility index (Phi) is 3.01. The number of ether oxygens (including phenoxy) is 1. The van der Waals surface area contributed by atoms with E-state index in [1.165, 1.54) is 4.88 Å². The second kappa shape index (κ2) is 4.45. The van der Waals surface area contributed by atoms with Gasteiger partial charge in [0.2, 0.25) is 0 Å². The molecule has 0 aliphatic carbocycles. The lowest BCUT2D eigenvalue weighted by Gasteiger charge is -2.10. The summed E-state index contributed by atoms with van der Waals surface area (Å²) in [4.78, 5) is 1.28. The van der Waals surface area contributed by atoms with Gasteiger partial charge < -0.3 is 10.5 Å². The predicted molar refractivity (Wildman–Crippen MR) is 68.4 cm³/mol. The summed E-state index contributed by atoms with van der Waals surface area (Å²) in [5.41, 5.74) is 7.65. The maximum absolute atomic E-state index is 6.02. The van der Waals surface area contributed by atoms with Gasteiger partial charge in [-0.3, -0.25) is 3.96 Å². The smallest absolute Gasteiger partial charge is 0.128 e. The van der Waals surface area contributed by atoms with Crippen molar-refractivity contribution in [1.82, 2.24) is 3.96 Å². The summed E-state index contributed by atoms with van der Waals surface area (Å²) < 4.78 is 7.24. The maximum Gasteiger partial charge on any atom is 0.128 e. The van der Waals surface area contributed by atoms with Crippen LogP contribution in [-0.2, 0) is 0 Å². The number of aryl methyl sites for hydroxylation is 1. The minimum atomic E-state index is 0.703. The molecular formula is C12H14N2OS. The lowest BCUT2D eigenvalue weighted by molar-refractivity contribution is 0.413. The van der Waals surface area contributed by atoms with Crippen LogP contribution < -0.4 is 10.5 Å². The Labute approximate surface area is 98.9 Å². The number of rotatable bonds is 3. The van der Waals surface area contributed by atoms with Gasteiger partial charge in [0.15, 0.2) is 0 Å². The van der Waals surface area contributed by atoms with E-state index in [0.717, 1.165) is 11.3 Å². The predicted octanol–water partition coefficient (Wildman–Crippen LogP) is 2.78. The third-order valence-electron chi connectivity index (χ3n) is 2.24. The molecule has 0 fully saturated rings. The monoisotopic (exact) mass is 234 g/mol. The van der Waals surface area contributed by atoms with Gasteiger partial charge in [0.25, 0.3) is 0 Å². The van der Waals surface area contributed by atoms with Gasteiger partial charge in [-0.1, -0.05) is 23.7 Å². The Morgan fingerprint density at radius 1 is 1.44 bits per heavy atom. The van der Waals surface area contributed by atoms with E-state index >= 15 is 0 Å². The van der Waals surface area contributed by atoms with E-state index < -0.39 is 0 Å². The van der Waals surface area contributed by atoms with Crippen LogP contribution in [0.4, 0.5) is 0 Å². The fourth-order valence-electron chi connectivity index (χ4n) is 1.50. The Balaban J connectivity index is 2.31. The zero-order chi connectivity index (χ0) is 11.5. The molecule has 2 rings (SSSR count). The van der Waals surface area contributed by atoms with Crippen LogP contribution in [0.1, 0.15) is 10.4 Å². The molecule has 0 aliphatic heterocycles. The van der Waals surface area contributed by atoms with Crippen molar-refractivity contribution in [1.29, 1.82) is 0 Å². The second-order valence-electron chi connectivity index (χ2n) is 3.48. The summed E-state index contributed by atoms with van der Waals surface area (Å²) >= 11 is 1.66. The van der Waals surface area contributed by atoms with E-state index in [1.54, 1.807) is 18.6 Å².